The molecule has 0 radical (unpaired) electrons. The minimum absolute atomic E-state index is 0.0271. The Labute approximate surface area is 191 Å². The van der Waals surface area contributed by atoms with Gasteiger partial charge in [-0.1, -0.05) is 37.6 Å². The smallest absolute Gasteiger partial charge is 0.243 e. The molecule has 2 fully saturated rings. The van der Waals surface area contributed by atoms with Crippen LogP contribution >= 0.6 is 0 Å². The van der Waals surface area contributed by atoms with Gasteiger partial charge in [-0.2, -0.15) is 4.31 Å². The number of aryl methyl sites for hydroxylation is 1. The van der Waals surface area contributed by atoms with Crippen LogP contribution in [0.1, 0.15) is 44.6 Å². The van der Waals surface area contributed by atoms with E-state index in [0.717, 1.165) is 51.6 Å². The topological polar surface area (TPSA) is 49.9 Å². The first-order chi connectivity index (χ1) is 15.5. The van der Waals surface area contributed by atoms with Crippen LogP contribution in [0.4, 0.5) is 4.39 Å². The van der Waals surface area contributed by atoms with Crippen molar-refractivity contribution in [2.45, 2.75) is 62.5 Å². The van der Waals surface area contributed by atoms with Gasteiger partial charge >= 0.3 is 0 Å². The summed E-state index contributed by atoms with van der Waals surface area (Å²) in [5.41, 5.74) is 1.17. The van der Waals surface area contributed by atoms with E-state index < -0.39 is 10.0 Å². The number of likely N-dealkylation sites (tertiary alicyclic amines) is 1. The summed E-state index contributed by atoms with van der Waals surface area (Å²) in [4.78, 5) is 2.84. The highest BCUT2D eigenvalue weighted by atomic mass is 32.2. The molecule has 0 amide bonds. The summed E-state index contributed by atoms with van der Waals surface area (Å²) in [6.45, 7) is 5.02. The number of hydrogen-bond donors (Lipinski definition) is 0. The lowest BCUT2D eigenvalue weighted by molar-refractivity contribution is 0.0568. The van der Waals surface area contributed by atoms with Crippen LogP contribution in [0, 0.1) is 5.82 Å². The Morgan fingerprint density at radius 3 is 2.22 bits per heavy atom. The van der Waals surface area contributed by atoms with E-state index in [4.69, 9.17) is 4.74 Å². The summed E-state index contributed by atoms with van der Waals surface area (Å²) in [5, 5.41) is 0. The average Bonchev–Trinajstić information content (AvgIpc) is 2.82. The first-order valence-corrected chi connectivity index (χ1v) is 13.2. The second-order valence-corrected chi connectivity index (χ2v) is 10.8. The molecular weight excluding hydrogens is 427 g/mol. The first kappa shape index (κ1) is 23.2. The van der Waals surface area contributed by atoms with Crippen molar-refractivity contribution >= 4 is 10.0 Å². The zero-order valence-corrected chi connectivity index (χ0v) is 19.6. The number of halogens is 1. The van der Waals surface area contributed by atoms with Gasteiger partial charge < -0.3 is 9.64 Å². The average molecular weight is 461 g/mol. The number of nitrogens with zero attached hydrogens (tertiary/aromatic N) is 2. The van der Waals surface area contributed by atoms with Crippen molar-refractivity contribution in [3.63, 3.8) is 0 Å². The predicted octanol–water partition coefficient (Wildman–Crippen LogP) is 4.47. The molecule has 174 valence electrons. The number of benzene rings is 2. The van der Waals surface area contributed by atoms with Crippen molar-refractivity contribution in [1.29, 1.82) is 0 Å². The van der Waals surface area contributed by atoms with Gasteiger partial charge in [0.2, 0.25) is 10.0 Å². The molecule has 0 saturated carbocycles. The van der Waals surface area contributed by atoms with Crippen molar-refractivity contribution < 1.29 is 17.5 Å². The Balaban J connectivity index is 1.27. The second kappa shape index (κ2) is 10.3. The number of para-hydroxylation sites is 1. The molecule has 0 aromatic heterocycles. The third-order valence-electron chi connectivity index (χ3n) is 6.65. The standard InChI is InChI=1S/C25H33FN2O3S/c1-2-5-20-8-10-23(11-9-20)32(29,30)28-18-12-21(13-19-28)27-16-14-22(15-17-27)31-25-7-4-3-6-24(25)26/h3-4,6-11,21-22H,2,5,12-19H2,1H3. The zero-order chi connectivity index (χ0) is 22.6. The van der Waals surface area contributed by atoms with E-state index in [-0.39, 0.29) is 11.9 Å². The predicted molar refractivity (Wildman–Crippen MR) is 124 cm³/mol. The largest absolute Gasteiger partial charge is 0.487 e. The van der Waals surface area contributed by atoms with Crippen LogP contribution in [0.5, 0.6) is 5.75 Å². The van der Waals surface area contributed by atoms with Crippen LogP contribution in [0.2, 0.25) is 0 Å². The SMILES string of the molecule is CCCc1ccc(S(=O)(=O)N2CCC(N3CCC(Oc4ccccc4F)CC3)CC2)cc1. The van der Waals surface area contributed by atoms with E-state index >= 15 is 0 Å². The highest BCUT2D eigenvalue weighted by Crippen LogP contribution is 2.27. The molecule has 2 heterocycles. The monoisotopic (exact) mass is 460 g/mol. The van der Waals surface area contributed by atoms with E-state index in [1.165, 1.54) is 11.6 Å². The maximum absolute atomic E-state index is 13.8. The lowest BCUT2D eigenvalue weighted by atomic mass is 10.00. The summed E-state index contributed by atoms with van der Waals surface area (Å²) in [7, 11) is -3.44. The van der Waals surface area contributed by atoms with Crippen LogP contribution in [0.15, 0.2) is 53.4 Å². The molecule has 2 saturated heterocycles. The minimum atomic E-state index is -3.44. The maximum Gasteiger partial charge on any atom is 0.243 e. The number of hydrogen-bond acceptors (Lipinski definition) is 4. The number of ether oxygens (including phenoxy) is 1. The zero-order valence-electron chi connectivity index (χ0n) is 18.7. The molecule has 0 unspecified atom stereocenters. The lowest BCUT2D eigenvalue weighted by Crippen LogP contribution is -2.50. The van der Waals surface area contributed by atoms with E-state index in [1.54, 1.807) is 34.6 Å². The molecule has 7 heteroatoms. The summed E-state index contributed by atoms with van der Waals surface area (Å²) in [5.74, 6) is 0.00991. The molecule has 0 spiro atoms. The summed E-state index contributed by atoms with van der Waals surface area (Å²) < 4.78 is 47.4. The Hall–Kier alpha value is -1.96. The molecule has 2 aliphatic rings. The van der Waals surface area contributed by atoms with E-state index in [1.807, 2.05) is 12.1 Å². The van der Waals surface area contributed by atoms with Gasteiger partial charge in [-0.05, 0) is 61.9 Å². The van der Waals surface area contributed by atoms with Crippen molar-refractivity contribution in [3.05, 3.63) is 59.9 Å². The fraction of sp³-hybridized carbons (Fsp3) is 0.520. The molecule has 32 heavy (non-hydrogen) atoms. The highest BCUT2D eigenvalue weighted by Gasteiger charge is 2.33. The quantitative estimate of drug-likeness (QED) is 0.612. The van der Waals surface area contributed by atoms with Crippen LogP contribution < -0.4 is 4.74 Å². The minimum Gasteiger partial charge on any atom is -0.487 e. The first-order valence-electron chi connectivity index (χ1n) is 11.7. The maximum atomic E-state index is 13.8. The number of piperidine rings is 2. The van der Waals surface area contributed by atoms with Gasteiger partial charge in [0.1, 0.15) is 6.10 Å². The number of sulfonamides is 1. The Morgan fingerprint density at radius 1 is 0.938 bits per heavy atom. The Morgan fingerprint density at radius 2 is 1.59 bits per heavy atom. The Bertz CT molecular complexity index is 981. The molecular formula is C25H33FN2O3S. The summed E-state index contributed by atoms with van der Waals surface area (Å²) in [6, 6.07) is 14.3. The van der Waals surface area contributed by atoms with Gasteiger partial charge in [-0.15, -0.1) is 0 Å². The fourth-order valence-electron chi connectivity index (χ4n) is 4.79. The third kappa shape index (κ3) is 5.33. The normalized spacial score (nSPS) is 19.8. The molecule has 4 rings (SSSR count). The molecule has 0 N–H and O–H groups in total. The molecule has 2 aromatic rings. The van der Waals surface area contributed by atoms with Gasteiger partial charge in [-0.25, -0.2) is 12.8 Å². The molecule has 0 bridgehead atoms. The number of rotatable bonds is 7. The van der Waals surface area contributed by atoms with Crippen LogP contribution in [0.25, 0.3) is 0 Å². The van der Waals surface area contributed by atoms with Gasteiger partial charge in [0.05, 0.1) is 4.90 Å². The van der Waals surface area contributed by atoms with Gasteiger partial charge in [-0.3, -0.25) is 0 Å². The molecule has 2 aromatic carbocycles. The van der Waals surface area contributed by atoms with Gasteiger partial charge in [0.15, 0.2) is 11.6 Å². The van der Waals surface area contributed by atoms with Gasteiger partial charge in [0, 0.05) is 32.2 Å². The summed E-state index contributed by atoms with van der Waals surface area (Å²) >= 11 is 0. The molecule has 2 aliphatic heterocycles. The van der Waals surface area contributed by atoms with Crippen molar-refractivity contribution in [2.75, 3.05) is 26.2 Å². The van der Waals surface area contributed by atoms with Gasteiger partial charge in [0.25, 0.3) is 0 Å². The molecule has 0 atom stereocenters. The molecule has 0 aliphatic carbocycles. The van der Waals surface area contributed by atoms with E-state index in [9.17, 15) is 12.8 Å². The van der Waals surface area contributed by atoms with Crippen LogP contribution in [0.3, 0.4) is 0 Å². The highest BCUT2D eigenvalue weighted by molar-refractivity contribution is 7.89. The van der Waals surface area contributed by atoms with Crippen molar-refractivity contribution in [2.24, 2.45) is 0 Å². The van der Waals surface area contributed by atoms with E-state index in [0.29, 0.717) is 29.8 Å². The Kier molecular flexibility index (Phi) is 7.48. The third-order valence-corrected chi connectivity index (χ3v) is 8.56. The summed E-state index contributed by atoms with van der Waals surface area (Å²) in [6.07, 6.45) is 5.44. The fourth-order valence-corrected chi connectivity index (χ4v) is 6.26. The molecule has 5 nitrogen and oxygen atoms in total. The van der Waals surface area contributed by atoms with Crippen molar-refractivity contribution in [3.8, 4) is 5.75 Å². The lowest BCUT2D eigenvalue weighted by Gasteiger charge is -2.41. The van der Waals surface area contributed by atoms with Crippen molar-refractivity contribution in [1.82, 2.24) is 9.21 Å². The van der Waals surface area contributed by atoms with E-state index in [2.05, 4.69) is 11.8 Å². The second-order valence-electron chi connectivity index (χ2n) is 8.81. The van der Waals surface area contributed by atoms with Crippen LogP contribution in [-0.2, 0) is 16.4 Å². The van der Waals surface area contributed by atoms with Crippen LogP contribution in [-0.4, -0.2) is 55.9 Å².